The molecule has 0 saturated carbocycles. The monoisotopic (exact) mass is 196 g/mol. The van der Waals surface area contributed by atoms with Crippen molar-refractivity contribution in [2.24, 2.45) is 5.16 Å². The number of aromatic nitrogens is 1. The summed E-state index contributed by atoms with van der Waals surface area (Å²) in [5.41, 5.74) is -0.633. The maximum absolute atomic E-state index is 10.7. The highest BCUT2D eigenvalue weighted by Gasteiger charge is 2.15. The maximum Gasteiger partial charge on any atom is 0.361 e. The van der Waals surface area contributed by atoms with Gasteiger partial charge in [0.2, 0.25) is 5.71 Å². The fraction of sp³-hybridized carbons (Fsp3) is 0.125. The third-order valence-electron chi connectivity index (χ3n) is 1.35. The van der Waals surface area contributed by atoms with Crippen LogP contribution in [0.4, 0.5) is 0 Å². The summed E-state index contributed by atoms with van der Waals surface area (Å²) >= 11 is 0. The van der Waals surface area contributed by atoms with Gasteiger partial charge in [0.1, 0.15) is 0 Å². The first kappa shape index (κ1) is 9.97. The van der Waals surface area contributed by atoms with Gasteiger partial charge in [-0.2, -0.15) is 0 Å². The van der Waals surface area contributed by atoms with Gasteiger partial charge in [0.05, 0.1) is 0 Å². The van der Waals surface area contributed by atoms with Gasteiger partial charge < -0.3 is 14.9 Å². The summed E-state index contributed by atoms with van der Waals surface area (Å²) in [6, 6.07) is 1.54. The highest BCUT2D eigenvalue weighted by atomic mass is 16.6. The molecule has 0 aromatic carbocycles. The zero-order valence-corrected chi connectivity index (χ0v) is 7.35. The first-order chi connectivity index (χ1) is 6.61. The van der Waals surface area contributed by atoms with E-state index in [4.69, 9.17) is 5.11 Å². The fourth-order valence-corrected chi connectivity index (χ4v) is 0.718. The molecular weight excluding hydrogens is 188 g/mol. The van der Waals surface area contributed by atoms with Crippen molar-refractivity contribution in [3.8, 4) is 5.75 Å². The normalized spacial score (nSPS) is 11.1. The number of ketones is 1. The summed E-state index contributed by atoms with van der Waals surface area (Å²) in [6.07, 6.45) is 3.06. The fourth-order valence-electron chi connectivity index (χ4n) is 0.718. The summed E-state index contributed by atoms with van der Waals surface area (Å²) in [6.45, 7) is 1.10. The van der Waals surface area contributed by atoms with E-state index in [1.54, 1.807) is 12.3 Å². The van der Waals surface area contributed by atoms with Gasteiger partial charge in [-0.05, 0) is 0 Å². The van der Waals surface area contributed by atoms with Crippen LogP contribution < -0.4 is 4.84 Å². The first-order valence-corrected chi connectivity index (χ1v) is 3.73. The Bertz CT molecular complexity index is 351. The van der Waals surface area contributed by atoms with E-state index in [0.29, 0.717) is 5.75 Å². The van der Waals surface area contributed by atoms with Gasteiger partial charge in [-0.25, -0.2) is 4.79 Å². The Morgan fingerprint density at radius 1 is 1.57 bits per heavy atom. The summed E-state index contributed by atoms with van der Waals surface area (Å²) in [4.78, 5) is 28.6. The van der Waals surface area contributed by atoms with E-state index in [1.165, 1.54) is 6.20 Å². The maximum atomic E-state index is 10.7. The van der Waals surface area contributed by atoms with E-state index >= 15 is 0 Å². The number of oxime groups is 1. The molecule has 0 aliphatic heterocycles. The molecule has 0 unspecified atom stereocenters. The molecular formula is C8H8N2O4. The van der Waals surface area contributed by atoms with Crippen molar-refractivity contribution in [1.29, 1.82) is 0 Å². The molecule has 74 valence electrons. The molecule has 1 aromatic heterocycles. The Morgan fingerprint density at radius 2 is 2.29 bits per heavy atom. The topological polar surface area (TPSA) is 91.8 Å². The number of carboxylic acids is 1. The number of Topliss-reactive ketones (excluding diaryl/α,β-unsaturated/α-hetero) is 1. The zero-order chi connectivity index (χ0) is 10.6. The molecule has 2 N–H and O–H groups in total. The molecule has 0 aliphatic rings. The number of aromatic amines is 1. The second-order valence-corrected chi connectivity index (χ2v) is 2.44. The van der Waals surface area contributed by atoms with Gasteiger partial charge >= 0.3 is 5.97 Å². The third kappa shape index (κ3) is 2.44. The number of nitrogens with one attached hydrogen (secondary N) is 1. The van der Waals surface area contributed by atoms with Crippen molar-refractivity contribution in [2.75, 3.05) is 0 Å². The minimum Gasteiger partial charge on any atom is -0.476 e. The van der Waals surface area contributed by atoms with Gasteiger partial charge in [0.25, 0.3) is 0 Å². The van der Waals surface area contributed by atoms with Crippen LogP contribution in [0.1, 0.15) is 6.92 Å². The van der Waals surface area contributed by atoms with Crippen molar-refractivity contribution in [2.45, 2.75) is 6.92 Å². The molecule has 6 heteroatoms. The van der Waals surface area contributed by atoms with E-state index in [2.05, 4.69) is 15.0 Å². The quantitative estimate of drug-likeness (QED) is 0.414. The Labute approximate surface area is 79.2 Å². The predicted octanol–water partition coefficient (Wildman–Crippen LogP) is 0.423. The standard InChI is InChI=1S/C8H8N2O4/c1-5(11)7(8(12)13)10-14-6-2-3-9-4-6/h2-4,9H,1H3,(H,12,13)/b10-7+. The highest BCUT2D eigenvalue weighted by molar-refractivity contribution is 6.63. The van der Waals surface area contributed by atoms with E-state index in [9.17, 15) is 9.59 Å². The molecule has 0 bridgehead atoms. The lowest BCUT2D eigenvalue weighted by molar-refractivity contribution is -0.130. The largest absolute Gasteiger partial charge is 0.476 e. The molecule has 0 fully saturated rings. The van der Waals surface area contributed by atoms with Crippen molar-refractivity contribution in [3.63, 3.8) is 0 Å². The van der Waals surface area contributed by atoms with Crippen molar-refractivity contribution in [1.82, 2.24) is 4.98 Å². The lowest BCUT2D eigenvalue weighted by Crippen LogP contribution is -2.22. The average Bonchev–Trinajstić information content (AvgIpc) is 2.55. The van der Waals surface area contributed by atoms with Crippen LogP contribution in [0, 0.1) is 0 Å². The number of hydrogen-bond acceptors (Lipinski definition) is 4. The molecule has 1 rings (SSSR count). The third-order valence-corrected chi connectivity index (χ3v) is 1.35. The van der Waals surface area contributed by atoms with Gasteiger partial charge in [0.15, 0.2) is 11.5 Å². The van der Waals surface area contributed by atoms with Gasteiger partial charge in [-0.3, -0.25) is 4.79 Å². The molecule has 0 aliphatic carbocycles. The summed E-state index contributed by atoms with van der Waals surface area (Å²) in [5, 5.41) is 11.7. The lowest BCUT2D eigenvalue weighted by Gasteiger charge is -1.95. The highest BCUT2D eigenvalue weighted by Crippen LogP contribution is 2.07. The van der Waals surface area contributed by atoms with Crippen LogP contribution in [0.2, 0.25) is 0 Å². The minimum absolute atomic E-state index is 0.338. The number of carbonyl (C=O) groups excluding carboxylic acids is 1. The number of aliphatic carboxylic acids is 1. The van der Waals surface area contributed by atoms with E-state index in [1.807, 2.05) is 0 Å². The van der Waals surface area contributed by atoms with E-state index in [0.717, 1.165) is 6.92 Å². The molecule has 0 atom stereocenters. The number of hydrogen-bond donors (Lipinski definition) is 2. The van der Waals surface area contributed by atoms with Crippen molar-refractivity contribution < 1.29 is 19.5 Å². The Balaban J connectivity index is 2.75. The van der Waals surface area contributed by atoms with Crippen LogP contribution >= 0.6 is 0 Å². The summed E-state index contributed by atoms with van der Waals surface area (Å²) < 4.78 is 0. The second-order valence-electron chi connectivity index (χ2n) is 2.44. The minimum atomic E-state index is -1.41. The number of rotatable bonds is 4. The van der Waals surface area contributed by atoms with E-state index < -0.39 is 17.5 Å². The van der Waals surface area contributed by atoms with Crippen LogP contribution in [-0.2, 0) is 9.59 Å². The molecule has 0 amide bonds. The smallest absolute Gasteiger partial charge is 0.361 e. The summed E-state index contributed by atoms with van der Waals surface area (Å²) in [7, 11) is 0. The Kier molecular flexibility index (Phi) is 3.01. The van der Waals surface area contributed by atoms with Crippen LogP contribution in [0.5, 0.6) is 5.75 Å². The van der Waals surface area contributed by atoms with Crippen LogP contribution in [0.15, 0.2) is 23.6 Å². The van der Waals surface area contributed by atoms with E-state index in [-0.39, 0.29) is 0 Å². The average molecular weight is 196 g/mol. The van der Waals surface area contributed by atoms with Crippen LogP contribution in [0.3, 0.4) is 0 Å². The molecule has 0 radical (unpaired) electrons. The molecule has 0 spiro atoms. The van der Waals surface area contributed by atoms with Crippen LogP contribution in [0.25, 0.3) is 0 Å². The molecule has 0 saturated heterocycles. The van der Waals surface area contributed by atoms with Gasteiger partial charge in [-0.1, -0.05) is 5.16 Å². The summed E-state index contributed by atoms with van der Waals surface area (Å²) in [5.74, 6) is -1.73. The van der Waals surface area contributed by atoms with Gasteiger partial charge in [-0.15, -0.1) is 0 Å². The zero-order valence-electron chi connectivity index (χ0n) is 7.35. The Hall–Kier alpha value is -2.11. The lowest BCUT2D eigenvalue weighted by atomic mass is 10.3. The van der Waals surface area contributed by atoms with Gasteiger partial charge in [0, 0.05) is 25.4 Å². The molecule has 1 heterocycles. The molecule has 6 nitrogen and oxygen atoms in total. The Morgan fingerprint density at radius 3 is 2.71 bits per heavy atom. The molecule has 14 heavy (non-hydrogen) atoms. The van der Waals surface area contributed by atoms with Crippen LogP contribution in [-0.4, -0.2) is 27.6 Å². The number of carbonyl (C=O) groups is 2. The second kappa shape index (κ2) is 4.22. The first-order valence-electron chi connectivity index (χ1n) is 3.73. The number of carboxylic acid groups (broad SMARTS) is 1. The molecule has 1 aromatic rings. The predicted molar refractivity (Wildman–Crippen MR) is 47.2 cm³/mol. The number of H-pyrrole nitrogens is 1. The SMILES string of the molecule is CC(=O)/C(=N\Oc1cc[nH]c1)C(=O)O. The number of nitrogens with zero attached hydrogens (tertiary/aromatic N) is 1. The van der Waals surface area contributed by atoms with Crippen molar-refractivity contribution >= 4 is 17.5 Å². The van der Waals surface area contributed by atoms with Crippen molar-refractivity contribution in [3.05, 3.63) is 18.5 Å².